The van der Waals surface area contributed by atoms with E-state index in [0.717, 1.165) is 34.2 Å². The van der Waals surface area contributed by atoms with Crippen LogP contribution in [0.2, 0.25) is 0 Å². The number of amidine groups is 1. The van der Waals surface area contributed by atoms with Crippen LogP contribution in [0.5, 0.6) is 0 Å². The highest BCUT2D eigenvalue weighted by Crippen LogP contribution is 2.23. The molecular formula is C20H25N3S. The molecule has 0 aliphatic heterocycles. The number of aliphatic imine (C=N–C) groups is 1. The molecule has 0 amide bonds. The molecule has 24 heavy (non-hydrogen) atoms. The van der Waals surface area contributed by atoms with Crippen LogP contribution in [0.25, 0.3) is 0 Å². The van der Waals surface area contributed by atoms with Crippen LogP contribution in [0, 0.1) is 6.92 Å². The summed E-state index contributed by atoms with van der Waals surface area (Å²) in [6.07, 6.45) is 0.998. The van der Waals surface area contributed by atoms with Gasteiger partial charge >= 0.3 is 0 Å². The van der Waals surface area contributed by atoms with E-state index in [4.69, 9.17) is 12.2 Å². The van der Waals surface area contributed by atoms with Crippen molar-refractivity contribution in [2.45, 2.75) is 27.2 Å². The number of hydrogen-bond donors (Lipinski definition) is 1. The third-order valence-corrected chi connectivity index (χ3v) is 4.29. The molecule has 0 saturated heterocycles. The summed E-state index contributed by atoms with van der Waals surface area (Å²) in [4.78, 5) is 7.39. The Hall–Kier alpha value is -2.20. The van der Waals surface area contributed by atoms with Gasteiger partial charge in [-0.3, -0.25) is 9.89 Å². The molecule has 2 aromatic carbocycles. The molecule has 0 saturated carbocycles. The molecule has 0 bridgehead atoms. The maximum Gasteiger partial charge on any atom is 0.140 e. The van der Waals surface area contributed by atoms with Crippen LogP contribution in [0.1, 0.15) is 30.5 Å². The van der Waals surface area contributed by atoms with Crippen molar-refractivity contribution in [1.82, 2.24) is 0 Å². The molecule has 0 aliphatic rings. The highest BCUT2D eigenvalue weighted by molar-refractivity contribution is 7.80. The lowest BCUT2D eigenvalue weighted by Crippen LogP contribution is -2.35. The molecule has 0 aromatic heterocycles. The van der Waals surface area contributed by atoms with Crippen molar-refractivity contribution >= 4 is 34.4 Å². The van der Waals surface area contributed by atoms with Gasteiger partial charge in [-0.1, -0.05) is 31.3 Å². The van der Waals surface area contributed by atoms with Gasteiger partial charge in [0.05, 0.1) is 4.99 Å². The topological polar surface area (TPSA) is 27.6 Å². The SMILES string of the molecule is CCc1ccc(C)c(C(=NC)N(C(C)=S)c2ccc(NC)cc2)c1. The molecule has 2 aromatic rings. The lowest BCUT2D eigenvalue weighted by atomic mass is 10.0. The van der Waals surface area contributed by atoms with Crippen LogP contribution in [0.4, 0.5) is 11.4 Å². The average Bonchev–Trinajstić information content (AvgIpc) is 2.60. The maximum atomic E-state index is 5.54. The van der Waals surface area contributed by atoms with Crippen LogP contribution < -0.4 is 10.2 Å². The van der Waals surface area contributed by atoms with Crippen LogP contribution in [-0.4, -0.2) is 24.9 Å². The number of anilines is 2. The molecule has 0 fully saturated rings. The second-order valence-corrected chi connectivity index (χ2v) is 6.29. The van der Waals surface area contributed by atoms with Crippen molar-refractivity contribution in [1.29, 1.82) is 0 Å². The zero-order chi connectivity index (χ0) is 17.7. The number of hydrogen-bond acceptors (Lipinski definition) is 3. The summed E-state index contributed by atoms with van der Waals surface area (Å²) in [6, 6.07) is 14.7. The Labute approximate surface area is 150 Å². The molecule has 0 heterocycles. The molecule has 4 heteroatoms. The number of aryl methyl sites for hydroxylation is 2. The first kappa shape index (κ1) is 18.1. The number of rotatable bonds is 4. The largest absolute Gasteiger partial charge is 0.388 e. The van der Waals surface area contributed by atoms with Crippen LogP contribution in [0.3, 0.4) is 0 Å². The molecule has 0 unspecified atom stereocenters. The van der Waals surface area contributed by atoms with Gasteiger partial charge < -0.3 is 5.32 Å². The Morgan fingerprint density at radius 3 is 2.33 bits per heavy atom. The van der Waals surface area contributed by atoms with Crippen molar-refractivity contribution in [3.8, 4) is 0 Å². The van der Waals surface area contributed by atoms with E-state index in [-0.39, 0.29) is 0 Å². The standard InChI is InChI=1S/C20H25N3S/c1-6-16-8-7-14(2)19(13-16)20(22-5)23(15(3)24)18-11-9-17(21-4)10-12-18/h7-13,21H,6H2,1-5H3. The van der Waals surface area contributed by atoms with Gasteiger partial charge in [-0.2, -0.15) is 0 Å². The summed E-state index contributed by atoms with van der Waals surface area (Å²) in [5, 5.41) is 3.14. The number of nitrogens with one attached hydrogen (secondary N) is 1. The Morgan fingerprint density at radius 1 is 1.17 bits per heavy atom. The van der Waals surface area contributed by atoms with Crippen LogP contribution >= 0.6 is 12.2 Å². The lowest BCUT2D eigenvalue weighted by Gasteiger charge is -2.26. The summed E-state index contributed by atoms with van der Waals surface area (Å²) in [5.41, 5.74) is 5.70. The van der Waals surface area contributed by atoms with Crippen LogP contribution in [0.15, 0.2) is 47.5 Å². The van der Waals surface area contributed by atoms with Gasteiger partial charge in [0, 0.05) is 31.0 Å². The predicted octanol–water partition coefficient (Wildman–Crippen LogP) is 4.83. The van der Waals surface area contributed by atoms with Gasteiger partial charge in [0.2, 0.25) is 0 Å². The smallest absolute Gasteiger partial charge is 0.140 e. The van der Waals surface area contributed by atoms with E-state index in [2.05, 4.69) is 54.5 Å². The van der Waals surface area contributed by atoms with E-state index in [1.165, 1.54) is 11.1 Å². The zero-order valence-corrected chi connectivity index (χ0v) is 15.9. The third-order valence-electron chi connectivity index (χ3n) is 4.10. The van der Waals surface area contributed by atoms with E-state index in [0.29, 0.717) is 0 Å². The minimum absolute atomic E-state index is 0.772. The molecule has 0 atom stereocenters. The van der Waals surface area contributed by atoms with Gasteiger partial charge in [0.1, 0.15) is 5.84 Å². The number of nitrogens with zero attached hydrogens (tertiary/aromatic N) is 2. The first-order valence-electron chi connectivity index (χ1n) is 8.17. The normalized spacial score (nSPS) is 11.3. The molecular weight excluding hydrogens is 314 g/mol. The van der Waals surface area contributed by atoms with E-state index in [1.807, 2.05) is 38.1 Å². The third kappa shape index (κ3) is 3.82. The minimum atomic E-state index is 0.772. The second-order valence-electron chi connectivity index (χ2n) is 5.70. The summed E-state index contributed by atoms with van der Waals surface area (Å²) < 4.78 is 0. The molecule has 0 spiro atoms. The Morgan fingerprint density at radius 2 is 1.83 bits per heavy atom. The average molecular weight is 340 g/mol. The highest BCUT2D eigenvalue weighted by Gasteiger charge is 2.19. The fraction of sp³-hybridized carbons (Fsp3) is 0.300. The maximum absolute atomic E-state index is 5.54. The van der Waals surface area contributed by atoms with Crippen molar-refractivity contribution < 1.29 is 0 Å². The minimum Gasteiger partial charge on any atom is -0.388 e. The predicted molar refractivity (Wildman–Crippen MR) is 110 cm³/mol. The fourth-order valence-corrected chi connectivity index (χ4v) is 2.89. The molecule has 0 radical (unpaired) electrons. The quantitative estimate of drug-likeness (QED) is 0.491. The van der Waals surface area contributed by atoms with E-state index in [9.17, 15) is 0 Å². The van der Waals surface area contributed by atoms with Crippen molar-refractivity contribution in [3.63, 3.8) is 0 Å². The van der Waals surface area contributed by atoms with Gasteiger partial charge in [0.15, 0.2) is 0 Å². The summed E-state index contributed by atoms with van der Waals surface area (Å²) in [7, 11) is 3.73. The van der Waals surface area contributed by atoms with Crippen molar-refractivity contribution in [3.05, 3.63) is 59.2 Å². The van der Waals surface area contributed by atoms with Gasteiger partial charge in [-0.25, -0.2) is 0 Å². The van der Waals surface area contributed by atoms with Crippen LogP contribution in [-0.2, 0) is 6.42 Å². The fourth-order valence-electron chi connectivity index (χ4n) is 2.70. The lowest BCUT2D eigenvalue weighted by molar-refractivity contribution is 1.13. The van der Waals surface area contributed by atoms with Gasteiger partial charge in [0.25, 0.3) is 0 Å². The number of benzene rings is 2. The van der Waals surface area contributed by atoms with Gasteiger partial charge in [-0.05, 0) is 61.7 Å². The first-order chi connectivity index (χ1) is 11.5. The first-order valence-corrected chi connectivity index (χ1v) is 8.57. The molecule has 2 rings (SSSR count). The second kappa shape index (κ2) is 8.06. The highest BCUT2D eigenvalue weighted by atomic mass is 32.1. The molecule has 126 valence electrons. The van der Waals surface area contributed by atoms with E-state index < -0.39 is 0 Å². The molecule has 1 N–H and O–H groups in total. The van der Waals surface area contributed by atoms with Crippen molar-refractivity contribution in [2.75, 3.05) is 24.3 Å². The van der Waals surface area contributed by atoms with E-state index in [1.54, 1.807) is 0 Å². The van der Waals surface area contributed by atoms with E-state index >= 15 is 0 Å². The Bertz CT molecular complexity index is 748. The zero-order valence-electron chi connectivity index (χ0n) is 15.1. The molecule has 3 nitrogen and oxygen atoms in total. The molecule has 0 aliphatic carbocycles. The summed E-state index contributed by atoms with van der Waals surface area (Å²) >= 11 is 5.54. The Kier molecular flexibility index (Phi) is 6.10. The summed E-state index contributed by atoms with van der Waals surface area (Å²) in [5.74, 6) is 0.882. The van der Waals surface area contributed by atoms with Crippen molar-refractivity contribution in [2.24, 2.45) is 4.99 Å². The summed E-state index contributed by atoms with van der Waals surface area (Å²) in [6.45, 7) is 6.21. The monoisotopic (exact) mass is 339 g/mol. The Balaban J connectivity index is 2.54. The number of thiocarbonyl (C=S) groups is 1. The van der Waals surface area contributed by atoms with Gasteiger partial charge in [-0.15, -0.1) is 0 Å².